The first kappa shape index (κ1) is 14.8. The van der Waals surface area contributed by atoms with Gasteiger partial charge < -0.3 is 10.4 Å². The fraction of sp³-hybridized carbons (Fsp3) is 0.267. The molecule has 1 aromatic carbocycles. The van der Waals surface area contributed by atoms with Crippen molar-refractivity contribution >= 4 is 11.9 Å². The molecule has 0 bridgehead atoms. The van der Waals surface area contributed by atoms with Gasteiger partial charge in [0.25, 0.3) is 5.91 Å². The highest BCUT2D eigenvalue weighted by Gasteiger charge is 2.22. The Morgan fingerprint density at radius 2 is 2.00 bits per heavy atom. The van der Waals surface area contributed by atoms with E-state index in [0.29, 0.717) is 0 Å². The zero-order valence-electron chi connectivity index (χ0n) is 11.9. The van der Waals surface area contributed by atoms with Crippen LogP contribution in [0.5, 0.6) is 0 Å². The third-order valence-electron chi connectivity index (χ3n) is 3.23. The molecule has 1 amide bonds. The maximum Gasteiger partial charge on any atom is 0.326 e. The highest BCUT2D eigenvalue weighted by Crippen LogP contribution is 2.06. The van der Waals surface area contributed by atoms with E-state index in [1.54, 1.807) is 17.8 Å². The summed E-state index contributed by atoms with van der Waals surface area (Å²) in [6.07, 6.45) is 0.230. The minimum atomic E-state index is -1.07. The van der Waals surface area contributed by atoms with Gasteiger partial charge in [-0.3, -0.25) is 9.48 Å². The normalized spacial score (nSPS) is 11.9. The van der Waals surface area contributed by atoms with Gasteiger partial charge in [-0.25, -0.2) is 4.79 Å². The Labute approximate surface area is 122 Å². The van der Waals surface area contributed by atoms with Gasteiger partial charge in [-0.2, -0.15) is 5.10 Å². The molecular formula is C15H17N3O3. The number of aryl methyl sites for hydroxylation is 2. The summed E-state index contributed by atoms with van der Waals surface area (Å²) in [5.74, 6) is -1.55. The van der Waals surface area contributed by atoms with Gasteiger partial charge in [0.15, 0.2) is 0 Å². The molecule has 6 heteroatoms. The molecular weight excluding hydrogens is 270 g/mol. The number of nitrogens with one attached hydrogen (secondary N) is 1. The van der Waals surface area contributed by atoms with Crippen LogP contribution in [0.15, 0.2) is 36.4 Å². The fourth-order valence-electron chi connectivity index (χ4n) is 1.95. The zero-order chi connectivity index (χ0) is 15.4. The van der Waals surface area contributed by atoms with Crippen LogP contribution in [0.1, 0.15) is 21.7 Å². The van der Waals surface area contributed by atoms with Crippen LogP contribution in [0.25, 0.3) is 0 Å². The lowest BCUT2D eigenvalue weighted by Gasteiger charge is -2.13. The molecule has 0 aliphatic rings. The molecule has 0 saturated heterocycles. The second-order valence-corrected chi connectivity index (χ2v) is 4.85. The standard InChI is InChI=1S/C15H17N3O3/c1-10-8-12(17-18(10)2)14(19)16-13(15(20)21)9-11-6-4-3-5-7-11/h3-8,13H,9H2,1-2H3,(H,16,19)(H,20,21)/t13-/m0/s1. The monoisotopic (exact) mass is 287 g/mol. The second kappa shape index (κ2) is 6.21. The van der Waals surface area contributed by atoms with Crippen LogP contribution in [0.2, 0.25) is 0 Å². The van der Waals surface area contributed by atoms with Gasteiger partial charge in [0.05, 0.1) is 0 Å². The van der Waals surface area contributed by atoms with Crippen LogP contribution < -0.4 is 5.32 Å². The number of carbonyl (C=O) groups is 2. The average molecular weight is 287 g/mol. The summed E-state index contributed by atoms with van der Waals surface area (Å²) in [5.41, 5.74) is 1.90. The van der Waals surface area contributed by atoms with Crippen molar-refractivity contribution in [3.05, 3.63) is 53.3 Å². The van der Waals surface area contributed by atoms with Crippen molar-refractivity contribution in [3.8, 4) is 0 Å². The summed E-state index contributed by atoms with van der Waals surface area (Å²) in [7, 11) is 1.73. The van der Waals surface area contributed by atoms with Crippen LogP contribution >= 0.6 is 0 Å². The summed E-state index contributed by atoms with van der Waals surface area (Å²) in [5, 5.41) is 15.8. The number of hydrogen-bond donors (Lipinski definition) is 2. The average Bonchev–Trinajstić information content (AvgIpc) is 2.79. The van der Waals surface area contributed by atoms with E-state index in [0.717, 1.165) is 11.3 Å². The molecule has 0 aliphatic heterocycles. The van der Waals surface area contributed by atoms with Crippen LogP contribution in [-0.2, 0) is 18.3 Å². The van der Waals surface area contributed by atoms with Crippen LogP contribution in [0.3, 0.4) is 0 Å². The minimum absolute atomic E-state index is 0.217. The first-order valence-corrected chi connectivity index (χ1v) is 6.55. The molecule has 6 nitrogen and oxygen atoms in total. The molecule has 1 atom stereocenters. The van der Waals surface area contributed by atoms with Crippen molar-refractivity contribution in [3.63, 3.8) is 0 Å². The van der Waals surface area contributed by atoms with E-state index in [1.165, 1.54) is 0 Å². The SMILES string of the molecule is Cc1cc(C(=O)N[C@@H](Cc2ccccc2)C(=O)O)nn1C. The summed E-state index contributed by atoms with van der Waals surface area (Å²) >= 11 is 0. The molecule has 0 radical (unpaired) electrons. The Balaban J connectivity index is 2.09. The van der Waals surface area contributed by atoms with Gasteiger partial charge in [0.2, 0.25) is 0 Å². The number of hydrogen-bond acceptors (Lipinski definition) is 3. The number of benzene rings is 1. The quantitative estimate of drug-likeness (QED) is 0.864. The zero-order valence-corrected chi connectivity index (χ0v) is 11.9. The second-order valence-electron chi connectivity index (χ2n) is 4.85. The van der Waals surface area contributed by atoms with E-state index in [2.05, 4.69) is 10.4 Å². The number of aromatic nitrogens is 2. The van der Waals surface area contributed by atoms with E-state index in [1.807, 2.05) is 37.3 Å². The fourth-order valence-corrected chi connectivity index (χ4v) is 1.95. The number of carboxylic acid groups (broad SMARTS) is 1. The first-order chi connectivity index (χ1) is 9.97. The first-order valence-electron chi connectivity index (χ1n) is 6.55. The number of carbonyl (C=O) groups excluding carboxylic acids is 1. The lowest BCUT2D eigenvalue weighted by Crippen LogP contribution is -2.42. The van der Waals surface area contributed by atoms with E-state index in [-0.39, 0.29) is 12.1 Å². The molecule has 2 N–H and O–H groups in total. The topological polar surface area (TPSA) is 84.2 Å². The Morgan fingerprint density at radius 1 is 1.33 bits per heavy atom. The van der Waals surface area contributed by atoms with Crippen molar-refractivity contribution in [2.75, 3.05) is 0 Å². The predicted molar refractivity (Wildman–Crippen MR) is 77.0 cm³/mol. The van der Waals surface area contributed by atoms with Crippen LogP contribution in [-0.4, -0.2) is 32.8 Å². The van der Waals surface area contributed by atoms with Gasteiger partial charge in [-0.1, -0.05) is 30.3 Å². The molecule has 0 unspecified atom stereocenters. The van der Waals surface area contributed by atoms with E-state index >= 15 is 0 Å². The smallest absolute Gasteiger partial charge is 0.326 e. The molecule has 21 heavy (non-hydrogen) atoms. The number of amides is 1. The molecule has 0 fully saturated rings. The van der Waals surface area contributed by atoms with Crippen molar-refractivity contribution in [1.82, 2.24) is 15.1 Å². The molecule has 0 saturated carbocycles. The van der Waals surface area contributed by atoms with Crippen LogP contribution in [0, 0.1) is 6.92 Å². The molecule has 110 valence electrons. The Hall–Kier alpha value is -2.63. The van der Waals surface area contributed by atoms with Gasteiger partial charge in [0, 0.05) is 19.2 Å². The van der Waals surface area contributed by atoms with E-state index < -0.39 is 17.9 Å². The van der Waals surface area contributed by atoms with Crippen molar-refractivity contribution < 1.29 is 14.7 Å². The molecule has 1 heterocycles. The third-order valence-corrected chi connectivity index (χ3v) is 3.23. The van der Waals surface area contributed by atoms with Gasteiger partial charge >= 0.3 is 5.97 Å². The Morgan fingerprint density at radius 3 is 2.52 bits per heavy atom. The number of nitrogens with zero attached hydrogens (tertiary/aromatic N) is 2. The summed E-state index contributed by atoms with van der Waals surface area (Å²) in [6.45, 7) is 1.82. The lowest BCUT2D eigenvalue weighted by atomic mass is 10.1. The highest BCUT2D eigenvalue weighted by atomic mass is 16.4. The molecule has 2 rings (SSSR count). The molecule has 1 aromatic heterocycles. The van der Waals surface area contributed by atoms with E-state index in [4.69, 9.17) is 0 Å². The van der Waals surface area contributed by atoms with Crippen molar-refractivity contribution in [2.24, 2.45) is 7.05 Å². The molecule has 2 aromatic rings. The lowest BCUT2D eigenvalue weighted by molar-refractivity contribution is -0.139. The number of carboxylic acids is 1. The highest BCUT2D eigenvalue weighted by molar-refractivity contribution is 5.95. The van der Waals surface area contributed by atoms with Gasteiger partial charge in [-0.05, 0) is 18.6 Å². The van der Waals surface area contributed by atoms with E-state index in [9.17, 15) is 14.7 Å². The molecule has 0 aliphatic carbocycles. The maximum absolute atomic E-state index is 12.1. The molecule has 0 spiro atoms. The Kier molecular flexibility index (Phi) is 4.37. The van der Waals surface area contributed by atoms with Gasteiger partial charge in [0.1, 0.15) is 11.7 Å². The van der Waals surface area contributed by atoms with Crippen molar-refractivity contribution in [1.29, 1.82) is 0 Å². The number of aliphatic carboxylic acids is 1. The van der Waals surface area contributed by atoms with Gasteiger partial charge in [-0.15, -0.1) is 0 Å². The largest absolute Gasteiger partial charge is 0.480 e. The summed E-state index contributed by atoms with van der Waals surface area (Å²) in [4.78, 5) is 23.4. The Bertz CT molecular complexity index is 630. The minimum Gasteiger partial charge on any atom is -0.480 e. The third kappa shape index (κ3) is 3.68. The maximum atomic E-state index is 12.1. The van der Waals surface area contributed by atoms with Crippen molar-refractivity contribution in [2.45, 2.75) is 19.4 Å². The number of rotatable bonds is 5. The predicted octanol–water partition coefficient (Wildman–Crippen LogP) is 1.15. The van der Waals surface area contributed by atoms with Crippen LogP contribution in [0.4, 0.5) is 0 Å². The summed E-state index contributed by atoms with van der Waals surface area (Å²) in [6, 6.07) is 9.81. The summed E-state index contributed by atoms with van der Waals surface area (Å²) < 4.78 is 1.57.